The SMILES string of the molecule is CC(=O)CCN1CCN(C(=O)c2cccnc2)CC1. The highest BCUT2D eigenvalue weighted by Gasteiger charge is 2.21. The van der Waals surface area contributed by atoms with E-state index in [1.165, 1.54) is 0 Å². The van der Waals surface area contributed by atoms with E-state index in [1.54, 1.807) is 31.5 Å². The zero-order valence-corrected chi connectivity index (χ0v) is 11.2. The highest BCUT2D eigenvalue weighted by atomic mass is 16.2. The van der Waals surface area contributed by atoms with Crippen LogP contribution >= 0.6 is 0 Å². The summed E-state index contributed by atoms with van der Waals surface area (Å²) in [5.41, 5.74) is 0.639. The summed E-state index contributed by atoms with van der Waals surface area (Å²) in [6, 6.07) is 3.56. The lowest BCUT2D eigenvalue weighted by Gasteiger charge is -2.34. The van der Waals surface area contributed by atoms with Crippen molar-refractivity contribution < 1.29 is 9.59 Å². The lowest BCUT2D eigenvalue weighted by molar-refractivity contribution is -0.117. The predicted molar refractivity (Wildman–Crippen MR) is 71.9 cm³/mol. The minimum Gasteiger partial charge on any atom is -0.336 e. The van der Waals surface area contributed by atoms with Gasteiger partial charge < -0.3 is 4.90 Å². The van der Waals surface area contributed by atoms with Gasteiger partial charge >= 0.3 is 0 Å². The summed E-state index contributed by atoms with van der Waals surface area (Å²) in [6.07, 6.45) is 3.86. The van der Waals surface area contributed by atoms with E-state index in [0.717, 1.165) is 19.6 Å². The number of Topliss-reactive ketones (excluding diaryl/α,β-unsaturated/α-hetero) is 1. The van der Waals surface area contributed by atoms with Crippen LogP contribution in [0.5, 0.6) is 0 Å². The fraction of sp³-hybridized carbons (Fsp3) is 0.500. The summed E-state index contributed by atoms with van der Waals surface area (Å²) < 4.78 is 0. The molecule has 5 nitrogen and oxygen atoms in total. The maximum atomic E-state index is 12.2. The van der Waals surface area contributed by atoms with Crippen molar-refractivity contribution in [1.29, 1.82) is 0 Å². The van der Waals surface area contributed by atoms with E-state index in [2.05, 4.69) is 9.88 Å². The maximum absolute atomic E-state index is 12.2. The molecule has 0 aliphatic carbocycles. The van der Waals surface area contributed by atoms with Gasteiger partial charge in [-0.25, -0.2) is 0 Å². The molecule has 0 spiro atoms. The van der Waals surface area contributed by atoms with Gasteiger partial charge in [-0.1, -0.05) is 0 Å². The van der Waals surface area contributed by atoms with Crippen LogP contribution in [-0.4, -0.2) is 59.2 Å². The maximum Gasteiger partial charge on any atom is 0.255 e. The van der Waals surface area contributed by atoms with Crippen LogP contribution in [0.15, 0.2) is 24.5 Å². The van der Waals surface area contributed by atoms with Gasteiger partial charge in [0.2, 0.25) is 0 Å². The smallest absolute Gasteiger partial charge is 0.255 e. The molecule has 0 radical (unpaired) electrons. The second-order valence-electron chi connectivity index (χ2n) is 4.83. The Morgan fingerprint density at radius 2 is 2.00 bits per heavy atom. The summed E-state index contributed by atoms with van der Waals surface area (Å²) >= 11 is 0. The van der Waals surface area contributed by atoms with Crippen LogP contribution in [-0.2, 0) is 4.79 Å². The zero-order chi connectivity index (χ0) is 13.7. The molecule has 1 aliphatic rings. The first-order valence-electron chi connectivity index (χ1n) is 6.58. The third kappa shape index (κ3) is 3.86. The summed E-state index contributed by atoms with van der Waals surface area (Å²) in [5, 5.41) is 0. The van der Waals surface area contributed by atoms with Crippen molar-refractivity contribution in [3.05, 3.63) is 30.1 Å². The number of piperazine rings is 1. The molecule has 1 amide bonds. The molecule has 0 aromatic carbocycles. The molecule has 0 unspecified atom stereocenters. The van der Waals surface area contributed by atoms with Gasteiger partial charge in [0.25, 0.3) is 5.91 Å². The number of ketones is 1. The van der Waals surface area contributed by atoms with Gasteiger partial charge in [-0.2, -0.15) is 0 Å². The number of hydrogen-bond acceptors (Lipinski definition) is 4. The summed E-state index contributed by atoms with van der Waals surface area (Å²) in [6.45, 7) is 5.50. The molecule has 2 rings (SSSR count). The molecule has 0 bridgehead atoms. The quantitative estimate of drug-likeness (QED) is 0.805. The number of pyridine rings is 1. The molecule has 0 atom stereocenters. The minimum absolute atomic E-state index is 0.0410. The topological polar surface area (TPSA) is 53.5 Å². The van der Waals surface area contributed by atoms with Gasteiger partial charge in [-0.05, 0) is 19.1 Å². The summed E-state index contributed by atoms with van der Waals surface area (Å²) in [5.74, 6) is 0.258. The zero-order valence-electron chi connectivity index (χ0n) is 11.2. The van der Waals surface area contributed by atoms with E-state index in [0.29, 0.717) is 25.1 Å². The average molecular weight is 261 g/mol. The van der Waals surface area contributed by atoms with Gasteiger partial charge in [-0.15, -0.1) is 0 Å². The lowest BCUT2D eigenvalue weighted by Crippen LogP contribution is -2.49. The van der Waals surface area contributed by atoms with E-state index in [1.807, 2.05) is 4.90 Å². The largest absolute Gasteiger partial charge is 0.336 e. The Labute approximate surface area is 113 Å². The number of amides is 1. The van der Waals surface area contributed by atoms with Gasteiger partial charge in [0.05, 0.1) is 5.56 Å². The molecule has 19 heavy (non-hydrogen) atoms. The summed E-state index contributed by atoms with van der Waals surface area (Å²) in [7, 11) is 0. The molecule has 1 aliphatic heterocycles. The first-order valence-corrected chi connectivity index (χ1v) is 6.58. The van der Waals surface area contributed by atoms with E-state index in [-0.39, 0.29) is 11.7 Å². The Morgan fingerprint density at radius 1 is 1.26 bits per heavy atom. The molecule has 1 aromatic rings. The normalized spacial score (nSPS) is 16.4. The number of hydrogen-bond donors (Lipinski definition) is 0. The van der Waals surface area contributed by atoms with Crippen molar-refractivity contribution in [2.75, 3.05) is 32.7 Å². The van der Waals surface area contributed by atoms with Crippen LogP contribution in [0.1, 0.15) is 23.7 Å². The van der Waals surface area contributed by atoms with E-state index < -0.39 is 0 Å². The second kappa shape index (κ2) is 6.43. The Balaban J connectivity index is 1.83. The van der Waals surface area contributed by atoms with Crippen LogP contribution in [0.2, 0.25) is 0 Å². The minimum atomic E-state index is 0.0410. The molecule has 0 saturated carbocycles. The molecule has 1 aromatic heterocycles. The van der Waals surface area contributed by atoms with Gasteiger partial charge in [0.15, 0.2) is 0 Å². The Bertz CT molecular complexity index is 439. The van der Waals surface area contributed by atoms with E-state index in [4.69, 9.17) is 0 Å². The molecular formula is C14H19N3O2. The van der Waals surface area contributed by atoms with Crippen molar-refractivity contribution >= 4 is 11.7 Å². The molecular weight excluding hydrogens is 242 g/mol. The number of aromatic nitrogens is 1. The lowest BCUT2D eigenvalue weighted by atomic mass is 10.2. The fourth-order valence-corrected chi connectivity index (χ4v) is 2.16. The van der Waals surface area contributed by atoms with Crippen molar-refractivity contribution in [3.8, 4) is 0 Å². The highest BCUT2D eigenvalue weighted by Crippen LogP contribution is 2.08. The van der Waals surface area contributed by atoms with Crippen LogP contribution in [0.3, 0.4) is 0 Å². The predicted octanol–water partition coefficient (Wildman–Crippen LogP) is 0.818. The number of nitrogens with zero attached hydrogens (tertiary/aromatic N) is 3. The van der Waals surface area contributed by atoms with Crippen LogP contribution in [0, 0.1) is 0 Å². The van der Waals surface area contributed by atoms with Crippen molar-refractivity contribution in [3.63, 3.8) is 0 Å². The first kappa shape index (κ1) is 13.7. The molecule has 0 N–H and O–H groups in total. The van der Waals surface area contributed by atoms with Crippen molar-refractivity contribution in [2.24, 2.45) is 0 Å². The van der Waals surface area contributed by atoms with E-state index >= 15 is 0 Å². The molecule has 1 fully saturated rings. The van der Waals surface area contributed by atoms with E-state index in [9.17, 15) is 9.59 Å². The number of carbonyl (C=O) groups excluding carboxylic acids is 2. The Kier molecular flexibility index (Phi) is 4.63. The van der Waals surface area contributed by atoms with Crippen LogP contribution in [0.25, 0.3) is 0 Å². The molecule has 5 heteroatoms. The number of carbonyl (C=O) groups is 2. The molecule has 2 heterocycles. The van der Waals surface area contributed by atoms with Gasteiger partial charge in [-0.3, -0.25) is 19.5 Å². The highest BCUT2D eigenvalue weighted by molar-refractivity contribution is 5.93. The monoisotopic (exact) mass is 261 g/mol. The fourth-order valence-electron chi connectivity index (χ4n) is 2.16. The molecule has 102 valence electrons. The first-order chi connectivity index (χ1) is 9.16. The third-order valence-corrected chi connectivity index (χ3v) is 3.35. The Hall–Kier alpha value is -1.75. The van der Waals surface area contributed by atoms with Gasteiger partial charge in [0.1, 0.15) is 5.78 Å². The van der Waals surface area contributed by atoms with Crippen molar-refractivity contribution in [1.82, 2.24) is 14.8 Å². The second-order valence-corrected chi connectivity index (χ2v) is 4.83. The molecule has 1 saturated heterocycles. The standard InChI is InChI=1S/C14H19N3O2/c1-12(18)4-6-16-7-9-17(10-8-16)14(19)13-3-2-5-15-11-13/h2-3,5,11H,4,6-10H2,1H3. The van der Waals surface area contributed by atoms with Crippen molar-refractivity contribution in [2.45, 2.75) is 13.3 Å². The van der Waals surface area contributed by atoms with Crippen LogP contribution < -0.4 is 0 Å². The average Bonchev–Trinajstić information content (AvgIpc) is 2.46. The van der Waals surface area contributed by atoms with Crippen LogP contribution in [0.4, 0.5) is 0 Å². The summed E-state index contributed by atoms with van der Waals surface area (Å²) in [4.78, 5) is 31.2. The third-order valence-electron chi connectivity index (χ3n) is 3.35. The van der Waals surface area contributed by atoms with Gasteiger partial charge in [0, 0.05) is 51.5 Å². The number of rotatable bonds is 4. The Morgan fingerprint density at radius 3 is 2.58 bits per heavy atom.